The number of ether oxygens (including phenoxy) is 1. The van der Waals surface area contributed by atoms with Gasteiger partial charge in [-0.1, -0.05) is 0 Å². The molecule has 2 rings (SSSR count). The molecule has 0 aliphatic carbocycles. The highest BCUT2D eigenvalue weighted by molar-refractivity contribution is 7.92. The smallest absolute Gasteiger partial charge is 0.263 e. The van der Waals surface area contributed by atoms with Crippen molar-refractivity contribution in [2.24, 2.45) is 0 Å². The van der Waals surface area contributed by atoms with Crippen molar-refractivity contribution in [3.8, 4) is 5.75 Å². The predicted molar refractivity (Wildman–Crippen MR) is 72.4 cm³/mol. The Bertz CT molecular complexity index is 717. The van der Waals surface area contributed by atoms with Gasteiger partial charge < -0.3 is 10.5 Å². The summed E-state index contributed by atoms with van der Waals surface area (Å²) in [7, 11) is -2.54. The molecule has 20 heavy (non-hydrogen) atoms. The minimum absolute atomic E-state index is 0.117. The van der Waals surface area contributed by atoms with Gasteiger partial charge in [0.2, 0.25) is 0 Å². The maximum absolute atomic E-state index is 13.6. The number of hydrogen-bond donors (Lipinski definition) is 2. The molecule has 8 heteroatoms. The minimum atomic E-state index is -3.94. The molecular formula is C12H12FN3O3S. The van der Waals surface area contributed by atoms with Crippen LogP contribution in [-0.4, -0.2) is 20.5 Å². The molecule has 1 heterocycles. The van der Waals surface area contributed by atoms with Crippen molar-refractivity contribution < 1.29 is 17.5 Å². The van der Waals surface area contributed by atoms with Gasteiger partial charge in [-0.3, -0.25) is 4.72 Å². The van der Waals surface area contributed by atoms with E-state index in [0.29, 0.717) is 5.75 Å². The average Bonchev–Trinajstić information content (AvgIpc) is 2.41. The van der Waals surface area contributed by atoms with Crippen LogP contribution in [0.3, 0.4) is 0 Å². The Hall–Kier alpha value is -2.35. The van der Waals surface area contributed by atoms with Crippen LogP contribution in [0.5, 0.6) is 5.75 Å². The van der Waals surface area contributed by atoms with Crippen molar-refractivity contribution in [3.05, 3.63) is 42.3 Å². The van der Waals surface area contributed by atoms with Gasteiger partial charge in [0.15, 0.2) is 0 Å². The average molecular weight is 297 g/mol. The van der Waals surface area contributed by atoms with Crippen molar-refractivity contribution in [1.82, 2.24) is 4.98 Å². The van der Waals surface area contributed by atoms with Gasteiger partial charge in [0, 0.05) is 12.3 Å². The number of nitrogen functional groups attached to an aromatic ring is 1. The lowest BCUT2D eigenvalue weighted by atomic mass is 10.3. The summed E-state index contributed by atoms with van der Waals surface area (Å²) in [6, 6.07) is 6.37. The third kappa shape index (κ3) is 2.97. The molecule has 0 unspecified atom stereocenters. The lowest BCUT2D eigenvalue weighted by Gasteiger charge is -2.10. The van der Waals surface area contributed by atoms with Crippen molar-refractivity contribution in [2.45, 2.75) is 4.90 Å². The van der Waals surface area contributed by atoms with E-state index in [2.05, 4.69) is 9.71 Å². The SMILES string of the molecule is COc1ccc(F)c(NS(=O)(=O)c2ccc(N)nc2)c1. The number of halogens is 1. The number of nitrogens with zero attached hydrogens (tertiary/aromatic N) is 1. The molecule has 0 aliphatic heterocycles. The fourth-order valence-electron chi connectivity index (χ4n) is 1.46. The lowest BCUT2D eigenvalue weighted by Crippen LogP contribution is -2.14. The summed E-state index contributed by atoms with van der Waals surface area (Å²) in [5, 5.41) is 0. The first kappa shape index (κ1) is 14.1. The fourth-order valence-corrected chi connectivity index (χ4v) is 2.47. The van der Waals surface area contributed by atoms with Crippen LogP contribution in [0, 0.1) is 5.82 Å². The van der Waals surface area contributed by atoms with E-state index in [1.54, 1.807) is 0 Å². The number of benzene rings is 1. The zero-order valence-electron chi connectivity index (χ0n) is 10.5. The molecule has 6 nitrogen and oxygen atoms in total. The highest BCUT2D eigenvalue weighted by atomic mass is 32.2. The largest absolute Gasteiger partial charge is 0.497 e. The van der Waals surface area contributed by atoms with Crippen LogP contribution in [0.4, 0.5) is 15.9 Å². The van der Waals surface area contributed by atoms with E-state index in [0.717, 1.165) is 12.3 Å². The topological polar surface area (TPSA) is 94.3 Å². The van der Waals surface area contributed by atoms with E-state index in [4.69, 9.17) is 10.5 Å². The van der Waals surface area contributed by atoms with E-state index in [9.17, 15) is 12.8 Å². The summed E-state index contributed by atoms with van der Waals surface area (Å²) in [4.78, 5) is 3.57. The summed E-state index contributed by atoms with van der Waals surface area (Å²) in [6.45, 7) is 0. The summed E-state index contributed by atoms with van der Waals surface area (Å²) < 4.78 is 44.8. The number of sulfonamides is 1. The lowest BCUT2D eigenvalue weighted by molar-refractivity contribution is 0.414. The fraction of sp³-hybridized carbons (Fsp3) is 0.0833. The van der Waals surface area contributed by atoms with Gasteiger partial charge in [-0.05, 0) is 24.3 Å². The standard InChI is InChI=1S/C12H12FN3O3S/c1-19-8-2-4-10(13)11(6-8)16-20(17,18)9-3-5-12(14)15-7-9/h2-7,16H,1H3,(H2,14,15). The molecule has 3 N–H and O–H groups in total. The third-order valence-electron chi connectivity index (χ3n) is 2.49. The number of nitrogens with two attached hydrogens (primary N) is 1. The van der Waals surface area contributed by atoms with Gasteiger partial charge in [-0.2, -0.15) is 0 Å². The van der Waals surface area contributed by atoms with Gasteiger partial charge in [0.1, 0.15) is 22.3 Å². The number of pyridine rings is 1. The number of aromatic nitrogens is 1. The van der Waals surface area contributed by atoms with Crippen molar-refractivity contribution in [3.63, 3.8) is 0 Å². The minimum Gasteiger partial charge on any atom is -0.497 e. The van der Waals surface area contributed by atoms with E-state index in [1.165, 1.54) is 31.4 Å². The van der Waals surface area contributed by atoms with Gasteiger partial charge in [0.05, 0.1) is 12.8 Å². The second-order valence-electron chi connectivity index (χ2n) is 3.87. The molecule has 2 aromatic rings. The molecule has 0 radical (unpaired) electrons. The number of methoxy groups -OCH3 is 1. The molecule has 1 aromatic carbocycles. The Morgan fingerprint density at radius 2 is 2.05 bits per heavy atom. The first-order chi connectivity index (χ1) is 9.42. The highest BCUT2D eigenvalue weighted by Gasteiger charge is 2.17. The highest BCUT2D eigenvalue weighted by Crippen LogP contribution is 2.23. The third-order valence-corrected chi connectivity index (χ3v) is 3.84. The van der Waals surface area contributed by atoms with E-state index < -0.39 is 15.8 Å². The molecule has 0 saturated heterocycles. The second kappa shape index (κ2) is 5.33. The second-order valence-corrected chi connectivity index (χ2v) is 5.55. The first-order valence-electron chi connectivity index (χ1n) is 5.50. The van der Waals surface area contributed by atoms with Crippen LogP contribution in [0.1, 0.15) is 0 Å². The molecular weight excluding hydrogens is 285 g/mol. The molecule has 1 aromatic heterocycles. The maximum Gasteiger partial charge on any atom is 0.263 e. The zero-order valence-corrected chi connectivity index (χ0v) is 11.3. The number of nitrogens with one attached hydrogen (secondary N) is 1. The van der Waals surface area contributed by atoms with E-state index >= 15 is 0 Å². The molecule has 106 valence electrons. The Morgan fingerprint density at radius 1 is 1.30 bits per heavy atom. The summed E-state index contributed by atoms with van der Waals surface area (Å²) in [5.74, 6) is -0.186. The van der Waals surface area contributed by atoms with Gasteiger partial charge in [0.25, 0.3) is 10.0 Å². The normalized spacial score (nSPS) is 11.1. The quantitative estimate of drug-likeness (QED) is 0.894. The van der Waals surface area contributed by atoms with Gasteiger partial charge in [-0.15, -0.1) is 0 Å². The summed E-state index contributed by atoms with van der Waals surface area (Å²) in [5.41, 5.74) is 5.17. The summed E-state index contributed by atoms with van der Waals surface area (Å²) in [6.07, 6.45) is 1.09. The van der Waals surface area contributed by atoms with Gasteiger partial charge in [-0.25, -0.2) is 17.8 Å². The van der Waals surface area contributed by atoms with Gasteiger partial charge >= 0.3 is 0 Å². The predicted octanol–water partition coefficient (Wildman–Crippen LogP) is 1.61. The molecule has 0 amide bonds. The molecule has 0 aliphatic rings. The molecule has 0 fully saturated rings. The Kier molecular flexibility index (Phi) is 3.75. The van der Waals surface area contributed by atoms with E-state index in [1.807, 2.05) is 0 Å². The molecule has 0 atom stereocenters. The van der Waals surface area contributed by atoms with Crippen LogP contribution in [-0.2, 0) is 10.0 Å². The van der Waals surface area contributed by atoms with E-state index in [-0.39, 0.29) is 16.4 Å². The Balaban J connectivity index is 2.35. The monoisotopic (exact) mass is 297 g/mol. The zero-order chi connectivity index (χ0) is 14.8. The maximum atomic E-state index is 13.6. The molecule has 0 spiro atoms. The van der Waals surface area contributed by atoms with Crippen LogP contribution < -0.4 is 15.2 Å². The van der Waals surface area contributed by atoms with Crippen LogP contribution >= 0.6 is 0 Å². The molecule has 0 bridgehead atoms. The number of hydrogen-bond acceptors (Lipinski definition) is 5. The van der Waals surface area contributed by atoms with Crippen LogP contribution in [0.2, 0.25) is 0 Å². The first-order valence-corrected chi connectivity index (χ1v) is 6.98. The number of rotatable bonds is 4. The Morgan fingerprint density at radius 3 is 2.65 bits per heavy atom. The molecule has 0 saturated carbocycles. The van der Waals surface area contributed by atoms with Crippen molar-refractivity contribution in [1.29, 1.82) is 0 Å². The van der Waals surface area contributed by atoms with Crippen molar-refractivity contribution in [2.75, 3.05) is 17.6 Å². The van der Waals surface area contributed by atoms with Crippen molar-refractivity contribution >= 4 is 21.5 Å². The Labute approximate surface area is 115 Å². The van der Waals surface area contributed by atoms with Crippen LogP contribution in [0.25, 0.3) is 0 Å². The number of anilines is 2. The summed E-state index contributed by atoms with van der Waals surface area (Å²) >= 11 is 0. The van der Waals surface area contributed by atoms with Crippen LogP contribution in [0.15, 0.2) is 41.4 Å².